The van der Waals surface area contributed by atoms with E-state index in [-0.39, 0.29) is 22.7 Å². The van der Waals surface area contributed by atoms with Gasteiger partial charge in [0.25, 0.3) is 11.8 Å². The quantitative estimate of drug-likeness (QED) is 0.792. The fourth-order valence-electron chi connectivity index (χ4n) is 2.76. The molecule has 3 N–H and O–H groups in total. The molecule has 1 aromatic carbocycles. The third-order valence-corrected chi connectivity index (χ3v) is 3.67. The Balaban J connectivity index is 2.20. The first kappa shape index (κ1) is 18.7. The van der Waals surface area contributed by atoms with Crippen LogP contribution in [-0.4, -0.2) is 53.7 Å². The summed E-state index contributed by atoms with van der Waals surface area (Å²) < 4.78 is 1.39. The summed E-state index contributed by atoms with van der Waals surface area (Å²) in [5.41, 5.74) is 6.34. The number of nitrogens with two attached hydrogens (primary N) is 1. The lowest BCUT2D eigenvalue weighted by molar-refractivity contribution is 0.0923. The summed E-state index contributed by atoms with van der Waals surface area (Å²) in [5, 5.41) is 7.14. The highest BCUT2D eigenvalue weighted by Crippen LogP contribution is 2.16. The SMILES string of the molecule is CN(C)CC(C)(C)CNC(=O)c1cc(C(N)=O)n(-c2ccccc2)n1. The molecule has 0 saturated heterocycles. The topological polar surface area (TPSA) is 93.3 Å². The predicted molar refractivity (Wildman–Crippen MR) is 96.8 cm³/mol. The molecule has 2 amide bonds. The van der Waals surface area contributed by atoms with Gasteiger partial charge in [0.1, 0.15) is 5.69 Å². The molecule has 2 aromatic rings. The van der Waals surface area contributed by atoms with Gasteiger partial charge in [-0.25, -0.2) is 4.68 Å². The van der Waals surface area contributed by atoms with Gasteiger partial charge in [0.2, 0.25) is 0 Å². The van der Waals surface area contributed by atoms with Crippen LogP contribution in [0.5, 0.6) is 0 Å². The van der Waals surface area contributed by atoms with E-state index in [4.69, 9.17) is 5.73 Å². The number of para-hydroxylation sites is 1. The van der Waals surface area contributed by atoms with Crippen LogP contribution in [-0.2, 0) is 0 Å². The Morgan fingerprint density at radius 3 is 2.44 bits per heavy atom. The standard InChI is InChI=1S/C18H25N5O2/c1-18(2,12-22(3)4)11-20-17(25)14-10-15(16(19)24)23(21-14)13-8-6-5-7-9-13/h5-10H,11-12H2,1-4H3,(H2,19,24)(H,20,25). The van der Waals surface area contributed by atoms with Gasteiger partial charge >= 0.3 is 0 Å². The van der Waals surface area contributed by atoms with E-state index in [2.05, 4.69) is 29.2 Å². The van der Waals surface area contributed by atoms with Crippen molar-refractivity contribution in [2.45, 2.75) is 13.8 Å². The Kier molecular flexibility index (Phi) is 5.58. The van der Waals surface area contributed by atoms with Gasteiger partial charge in [0.15, 0.2) is 5.69 Å². The number of hydrogen-bond acceptors (Lipinski definition) is 4. The number of carbonyl (C=O) groups is 2. The molecule has 0 unspecified atom stereocenters. The Morgan fingerprint density at radius 1 is 1.24 bits per heavy atom. The van der Waals surface area contributed by atoms with E-state index in [0.717, 1.165) is 6.54 Å². The average molecular weight is 343 g/mol. The van der Waals surface area contributed by atoms with Gasteiger partial charge in [-0.3, -0.25) is 9.59 Å². The minimum Gasteiger partial charge on any atom is -0.364 e. The number of rotatable bonds is 7. The van der Waals surface area contributed by atoms with Crippen molar-refractivity contribution in [1.82, 2.24) is 20.0 Å². The van der Waals surface area contributed by atoms with E-state index in [1.165, 1.54) is 10.7 Å². The molecule has 7 nitrogen and oxygen atoms in total. The monoisotopic (exact) mass is 343 g/mol. The number of benzene rings is 1. The molecule has 0 spiro atoms. The van der Waals surface area contributed by atoms with Crippen molar-refractivity contribution in [3.8, 4) is 5.69 Å². The van der Waals surface area contributed by atoms with Crippen LogP contribution in [0.25, 0.3) is 5.69 Å². The molecule has 7 heteroatoms. The van der Waals surface area contributed by atoms with Crippen molar-refractivity contribution >= 4 is 11.8 Å². The minimum atomic E-state index is -0.636. The van der Waals surface area contributed by atoms with Gasteiger partial charge < -0.3 is 16.0 Å². The number of carbonyl (C=O) groups excluding carboxylic acids is 2. The third-order valence-electron chi connectivity index (χ3n) is 3.67. The second-order valence-corrected chi connectivity index (χ2v) is 7.11. The van der Waals surface area contributed by atoms with Crippen molar-refractivity contribution in [3.63, 3.8) is 0 Å². The number of nitrogens with zero attached hydrogens (tertiary/aromatic N) is 3. The van der Waals surface area contributed by atoms with E-state index >= 15 is 0 Å². The molecular weight excluding hydrogens is 318 g/mol. The van der Waals surface area contributed by atoms with Crippen LogP contribution in [0.1, 0.15) is 34.8 Å². The molecule has 0 atom stereocenters. The zero-order valence-electron chi connectivity index (χ0n) is 15.1. The van der Waals surface area contributed by atoms with Crippen LogP contribution in [0.15, 0.2) is 36.4 Å². The van der Waals surface area contributed by atoms with Crippen LogP contribution in [0, 0.1) is 5.41 Å². The molecule has 25 heavy (non-hydrogen) atoms. The molecule has 0 bridgehead atoms. The largest absolute Gasteiger partial charge is 0.364 e. The van der Waals surface area contributed by atoms with Gasteiger partial charge in [-0.1, -0.05) is 32.0 Å². The molecule has 2 rings (SSSR count). The van der Waals surface area contributed by atoms with Crippen molar-refractivity contribution in [2.24, 2.45) is 11.1 Å². The zero-order valence-corrected chi connectivity index (χ0v) is 15.1. The number of amides is 2. The number of aromatic nitrogens is 2. The van der Waals surface area contributed by atoms with Gasteiger partial charge in [-0.2, -0.15) is 5.10 Å². The Labute approximate surface area is 147 Å². The Hall–Kier alpha value is -2.67. The molecule has 0 fully saturated rings. The van der Waals surface area contributed by atoms with E-state index in [1.54, 1.807) is 12.1 Å². The van der Waals surface area contributed by atoms with Crippen molar-refractivity contribution in [3.05, 3.63) is 47.8 Å². The lowest BCUT2D eigenvalue weighted by Gasteiger charge is -2.28. The summed E-state index contributed by atoms with van der Waals surface area (Å²) in [4.78, 5) is 26.2. The smallest absolute Gasteiger partial charge is 0.271 e. The second-order valence-electron chi connectivity index (χ2n) is 7.11. The van der Waals surface area contributed by atoms with Gasteiger partial charge in [-0.05, 0) is 31.6 Å². The van der Waals surface area contributed by atoms with Gasteiger partial charge in [-0.15, -0.1) is 0 Å². The van der Waals surface area contributed by atoms with Gasteiger partial charge in [0.05, 0.1) is 5.69 Å². The van der Waals surface area contributed by atoms with E-state index in [1.807, 2.05) is 32.3 Å². The van der Waals surface area contributed by atoms with E-state index in [9.17, 15) is 9.59 Å². The fourth-order valence-corrected chi connectivity index (χ4v) is 2.76. The molecule has 0 radical (unpaired) electrons. The second kappa shape index (κ2) is 7.48. The van der Waals surface area contributed by atoms with Crippen LogP contribution in [0.3, 0.4) is 0 Å². The van der Waals surface area contributed by atoms with Crippen molar-refractivity contribution in [1.29, 1.82) is 0 Å². The third kappa shape index (κ3) is 4.90. The highest BCUT2D eigenvalue weighted by Gasteiger charge is 2.23. The zero-order chi connectivity index (χ0) is 18.6. The molecule has 0 aliphatic carbocycles. The molecule has 0 saturated carbocycles. The highest BCUT2D eigenvalue weighted by atomic mass is 16.2. The number of hydrogen-bond donors (Lipinski definition) is 2. The molecule has 134 valence electrons. The fraction of sp³-hybridized carbons (Fsp3) is 0.389. The summed E-state index contributed by atoms with van der Waals surface area (Å²) in [7, 11) is 3.98. The maximum Gasteiger partial charge on any atom is 0.271 e. The summed E-state index contributed by atoms with van der Waals surface area (Å²) in [5.74, 6) is -0.965. The van der Waals surface area contributed by atoms with E-state index < -0.39 is 5.91 Å². The van der Waals surface area contributed by atoms with Crippen molar-refractivity contribution < 1.29 is 9.59 Å². The summed E-state index contributed by atoms with van der Waals surface area (Å²) in [6, 6.07) is 10.5. The summed E-state index contributed by atoms with van der Waals surface area (Å²) in [6.45, 7) is 5.47. The average Bonchev–Trinajstić information content (AvgIpc) is 2.98. The van der Waals surface area contributed by atoms with Gasteiger partial charge in [0, 0.05) is 19.2 Å². The number of primary amides is 1. The Bertz CT molecular complexity index is 750. The summed E-state index contributed by atoms with van der Waals surface area (Å²) >= 11 is 0. The maximum absolute atomic E-state index is 12.4. The van der Waals surface area contributed by atoms with Crippen LogP contribution in [0.2, 0.25) is 0 Å². The lowest BCUT2D eigenvalue weighted by atomic mass is 9.93. The number of nitrogens with one attached hydrogen (secondary N) is 1. The first-order valence-corrected chi connectivity index (χ1v) is 8.08. The van der Waals surface area contributed by atoms with E-state index in [0.29, 0.717) is 12.2 Å². The maximum atomic E-state index is 12.4. The minimum absolute atomic E-state index is 0.0896. The molecule has 0 aliphatic rings. The normalized spacial score (nSPS) is 11.6. The van der Waals surface area contributed by atoms with Crippen molar-refractivity contribution in [2.75, 3.05) is 27.2 Å². The predicted octanol–water partition coefficient (Wildman–Crippen LogP) is 1.29. The lowest BCUT2D eigenvalue weighted by Crippen LogP contribution is -2.40. The molecular formula is C18H25N5O2. The van der Waals surface area contributed by atoms with Crippen LogP contribution < -0.4 is 11.1 Å². The first-order chi connectivity index (χ1) is 11.7. The Morgan fingerprint density at radius 2 is 1.88 bits per heavy atom. The molecule has 0 aliphatic heterocycles. The molecule has 1 aromatic heterocycles. The van der Waals surface area contributed by atoms with Crippen LogP contribution in [0.4, 0.5) is 0 Å². The highest BCUT2D eigenvalue weighted by molar-refractivity contribution is 5.97. The molecule has 1 heterocycles. The first-order valence-electron chi connectivity index (χ1n) is 8.08. The summed E-state index contributed by atoms with van der Waals surface area (Å²) in [6.07, 6.45) is 0. The van der Waals surface area contributed by atoms with Crippen LogP contribution >= 0.6 is 0 Å².